The molecule has 122 valence electrons. The summed E-state index contributed by atoms with van der Waals surface area (Å²) in [6.07, 6.45) is 0.0366. The molecule has 0 radical (unpaired) electrons. The van der Waals surface area contributed by atoms with E-state index < -0.39 is 6.10 Å². The van der Waals surface area contributed by atoms with E-state index in [1.54, 1.807) is 12.1 Å². The van der Waals surface area contributed by atoms with E-state index >= 15 is 0 Å². The molecule has 3 nitrogen and oxygen atoms in total. The van der Waals surface area contributed by atoms with Crippen molar-refractivity contribution < 1.29 is 9.53 Å². The lowest BCUT2D eigenvalue weighted by atomic mass is 10.1. The third kappa shape index (κ3) is 4.73. The van der Waals surface area contributed by atoms with Crippen molar-refractivity contribution >= 4 is 23.2 Å². The highest BCUT2D eigenvalue weighted by Crippen LogP contribution is 2.23. The summed E-state index contributed by atoms with van der Waals surface area (Å²) in [4.78, 5) is 12.5. The average Bonchev–Trinajstić information content (AvgIpc) is 2.47. The summed E-state index contributed by atoms with van der Waals surface area (Å²) in [6.45, 7) is 7.85. The van der Waals surface area contributed by atoms with Gasteiger partial charge in [-0.1, -0.05) is 24.6 Å². The molecule has 2 aromatic carbocycles. The van der Waals surface area contributed by atoms with Gasteiger partial charge in [-0.15, -0.1) is 0 Å². The predicted molar refractivity (Wildman–Crippen MR) is 95.4 cm³/mol. The fourth-order valence-corrected chi connectivity index (χ4v) is 2.56. The van der Waals surface area contributed by atoms with Gasteiger partial charge in [-0.3, -0.25) is 4.79 Å². The van der Waals surface area contributed by atoms with Crippen LogP contribution < -0.4 is 10.1 Å². The van der Waals surface area contributed by atoms with Crippen LogP contribution in [0.5, 0.6) is 5.75 Å². The van der Waals surface area contributed by atoms with Crippen LogP contribution in [0.2, 0.25) is 5.02 Å². The number of amides is 1. The second-order valence-corrected chi connectivity index (χ2v) is 6.20. The van der Waals surface area contributed by atoms with Crippen molar-refractivity contribution in [3.05, 3.63) is 58.1 Å². The minimum absolute atomic E-state index is 0.148. The number of anilines is 1. The van der Waals surface area contributed by atoms with E-state index in [0.29, 0.717) is 17.2 Å². The first-order chi connectivity index (χ1) is 10.9. The van der Waals surface area contributed by atoms with E-state index in [4.69, 9.17) is 16.3 Å². The molecule has 0 saturated carbocycles. The van der Waals surface area contributed by atoms with Gasteiger partial charge in [-0.05, 0) is 74.2 Å². The summed E-state index contributed by atoms with van der Waals surface area (Å²) >= 11 is 6.02. The number of ether oxygens (including phenoxy) is 1. The third-order valence-corrected chi connectivity index (χ3v) is 3.98. The number of nitrogens with one attached hydrogen (secondary N) is 1. The van der Waals surface area contributed by atoms with Crippen molar-refractivity contribution in [3.8, 4) is 5.75 Å². The SMILES string of the molecule is CCC(Oc1ccc(Cl)c(C)c1)C(=O)Nc1cc(C)cc(C)c1. The molecule has 0 aliphatic rings. The average molecular weight is 332 g/mol. The van der Waals surface area contributed by atoms with Gasteiger partial charge < -0.3 is 10.1 Å². The van der Waals surface area contributed by atoms with E-state index in [0.717, 1.165) is 22.4 Å². The Morgan fingerprint density at radius 2 is 1.78 bits per heavy atom. The van der Waals surface area contributed by atoms with Crippen molar-refractivity contribution in [2.45, 2.75) is 40.2 Å². The largest absolute Gasteiger partial charge is 0.481 e. The molecule has 23 heavy (non-hydrogen) atoms. The number of hydrogen-bond donors (Lipinski definition) is 1. The number of carbonyl (C=O) groups excluding carboxylic acids is 1. The molecule has 0 spiro atoms. The number of carbonyl (C=O) groups is 1. The van der Waals surface area contributed by atoms with Crippen LogP contribution in [0, 0.1) is 20.8 Å². The lowest BCUT2D eigenvalue weighted by Crippen LogP contribution is -2.32. The topological polar surface area (TPSA) is 38.3 Å². The maximum Gasteiger partial charge on any atom is 0.265 e. The molecule has 2 rings (SSSR count). The molecule has 1 atom stereocenters. The fraction of sp³-hybridized carbons (Fsp3) is 0.316. The van der Waals surface area contributed by atoms with Crippen LogP contribution in [0.25, 0.3) is 0 Å². The van der Waals surface area contributed by atoms with Gasteiger partial charge in [0.05, 0.1) is 0 Å². The van der Waals surface area contributed by atoms with E-state index in [1.165, 1.54) is 0 Å². The van der Waals surface area contributed by atoms with Gasteiger partial charge in [-0.2, -0.15) is 0 Å². The molecule has 0 heterocycles. The Morgan fingerprint density at radius 3 is 2.35 bits per heavy atom. The first-order valence-corrected chi connectivity index (χ1v) is 8.09. The monoisotopic (exact) mass is 331 g/mol. The van der Waals surface area contributed by atoms with E-state index in [2.05, 4.69) is 11.4 Å². The van der Waals surface area contributed by atoms with Gasteiger partial charge in [0.1, 0.15) is 5.75 Å². The van der Waals surface area contributed by atoms with E-state index in [1.807, 2.05) is 45.9 Å². The Bertz CT molecular complexity index is 692. The van der Waals surface area contributed by atoms with Gasteiger partial charge >= 0.3 is 0 Å². The lowest BCUT2D eigenvalue weighted by molar-refractivity contribution is -0.122. The molecular weight excluding hydrogens is 310 g/mol. The smallest absolute Gasteiger partial charge is 0.265 e. The number of halogens is 1. The highest BCUT2D eigenvalue weighted by molar-refractivity contribution is 6.31. The van der Waals surface area contributed by atoms with Crippen LogP contribution >= 0.6 is 11.6 Å². The summed E-state index contributed by atoms with van der Waals surface area (Å²) < 4.78 is 5.82. The second-order valence-electron chi connectivity index (χ2n) is 5.79. The molecule has 1 unspecified atom stereocenters. The Hall–Kier alpha value is -2.00. The molecule has 1 N–H and O–H groups in total. The number of benzene rings is 2. The van der Waals surface area contributed by atoms with Gasteiger partial charge in [0.25, 0.3) is 5.91 Å². The van der Waals surface area contributed by atoms with Gasteiger partial charge in [0.15, 0.2) is 6.10 Å². The van der Waals surface area contributed by atoms with Crippen molar-refractivity contribution in [1.82, 2.24) is 0 Å². The van der Waals surface area contributed by atoms with Crippen LogP contribution in [0.1, 0.15) is 30.0 Å². The van der Waals surface area contributed by atoms with Crippen LogP contribution in [0.15, 0.2) is 36.4 Å². The maximum atomic E-state index is 12.5. The maximum absolute atomic E-state index is 12.5. The standard InChI is InChI=1S/C19H22ClNO2/c1-5-18(23-16-6-7-17(20)14(4)11-16)19(22)21-15-9-12(2)8-13(3)10-15/h6-11,18H,5H2,1-4H3,(H,21,22). The predicted octanol–water partition coefficient (Wildman–Crippen LogP) is 5.06. The van der Waals surface area contributed by atoms with Crippen LogP contribution in [0.4, 0.5) is 5.69 Å². The van der Waals surface area contributed by atoms with E-state index in [9.17, 15) is 4.79 Å². The molecule has 4 heteroatoms. The molecule has 1 amide bonds. The molecular formula is C19H22ClNO2. The summed E-state index contributed by atoms with van der Waals surface area (Å²) in [6, 6.07) is 11.4. The summed E-state index contributed by atoms with van der Waals surface area (Å²) in [5.74, 6) is 0.499. The molecule has 0 bridgehead atoms. The first kappa shape index (κ1) is 17.4. The summed E-state index contributed by atoms with van der Waals surface area (Å²) in [5, 5.41) is 3.62. The highest BCUT2D eigenvalue weighted by Gasteiger charge is 2.19. The minimum atomic E-state index is -0.545. The Morgan fingerprint density at radius 1 is 1.13 bits per heavy atom. The van der Waals surface area contributed by atoms with Crippen LogP contribution in [-0.4, -0.2) is 12.0 Å². The molecule has 0 aliphatic carbocycles. The number of aryl methyl sites for hydroxylation is 3. The zero-order valence-corrected chi connectivity index (χ0v) is 14.7. The van der Waals surface area contributed by atoms with Crippen molar-refractivity contribution in [1.29, 1.82) is 0 Å². The normalized spacial score (nSPS) is 11.9. The molecule has 0 saturated heterocycles. The quantitative estimate of drug-likeness (QED) is 0.831. The van der Waals surface area contributed by atoms with Crippen molar-refractivity contribution in [3.63, 3.8) is 0 Å². The van der Waals surface area contributed by atoms with Gasteiger partial charge in [-0.25, -0.2) is 0 Å². The molecule has 2 aromatic rings. The third-order valence-electron chi connectivity index (χ3n) is 3.56. The van der Waals surface area contributed by atoms with Crippen LogP contribution in [-0.2, 0) is 4.79 Å². The van der Waals surface area contributed by atoms with Gasteiger partial charge in [0, 0.05) is 10.7 Å². The highest BCUT2D eigenvalue weighted by atomic mass is 35.5. The lowest BCUT2D eigenvalue weighted by Gasteiger charge is -2.18. The fourth-order valence-electron chi connectivity index (χ4n) is 2.45. The molecule has 0 aliphatic heterocycles. The Kier molecular flexibility index (Phi) is 5.67. The summed E-state index contributed by atoms with van der Waals surface area (Å²) in [5.41, 5.74) is 3.95. The molecule has 0 aromatic heterocycles. The zero-order valence-electron chi connectivity index (χ0n) is 13.9. The second kappa shape index (κ2) is 7.51. The van der Waals surface area contributed by atoms with E-state index in [-0.39, 0.29) is 5.91 Å². The first-order valence-electron chi connectivity index (χ1n) is 7.71. The van der Waals surface area contributed by atoms with Crippen LogP contribution in [0.3, 0.4) is 0 Å². The molecule has 0 fully saturated rings. The Labute approximate surface area is 142 Å². The number of hydrogen-bond acceptors (Lipinski definition) is 2. The van der Waals surface area contributed by atoms with Crippen molar-refractivity contribution in [2.24, 2.45) is 0 Å². The van der Waals surface area contributed by atoms with Crippen molar-refractivity contribution in [2.75, 3.05) is 5.32 Å². The Balaban J connectivity index is 2.10. The zero-order chi connectivity index (χ0) is 17.0. The van der Waals surface area contributed by atoms with Gasteiger partial charge in [0.2, 0.25) is 0 Å². The summed E-state index contributed by atoms with van der Waals surface area (Å²) in [7, 11) is 0. The minimum Gasteiger partial charge on any atom is -0.481 e. The number of rotatable bonds is 5.